The molecule has 0 fully saturated rings. The molecule has 1 amide bonds. The maximum Gasteiger partial charge on any atom is 0.407 e. The Morgan fingerprint density at radius 3 is 2.67 bits per heavy atom. The number of carbonyl (C=O) groups is 1. The number of carbonyl (C=O) groups excluding carboxylic acids is 1. The van der Waals surface area contributed by atoms with Gasteiger partial charge in [-0.25, -0.2) is 9.59 Å². The average Bonchev–Trinajstić information content (AvgIpc) is 2.55. The normalized spacial score (nSPS) is 11.4. The summed E-state index contributed by atoms with van der Waals surface area (Å²) < 4.78 is 16.2. The number of amides is 1. The average molecular weight is 396 g/mol. The van der Waals surface area contributed by atoms with Crippen LogP contribution in [0.1, 0.15) is 46.1 Å². The van der Waals surface area contributed by atoms with Crippen molar-refractivity contribution in [1.29, 1.82) is 0 Å². The number of nitrogens with one attached hydrogen (secondary N) is 1. The molecule has 0 atom stereocenters. The van der Waals surface area contributed by atoms with Crippen LogP contribution in [-0.2, 0) is 11.2 Å². The summed E-state index contributed by atoms with van der Waals surface area (Å²) in [6, 6.07) is 5.07. The molecule has 0 aliphatic carbocycles. The number of unbranched alkanes of at least 4 members (excludes halogenated alkanes) is 1. The molecule has 0 saturated heterocycles. The highest BCUT2D eigenvalue weighted by Gasteiger charge is 2.16. The van der Waals surface area contributed by atoms with Gasteiger partial charge in [0.1, 0.15) is 16.9 Å². The molecule has 6 nitrogen and oxygen atoms in total. The third-order valence-electron chi connectivity index (χ3n) is 3.68. The molecule has 1 heterocycles. The highest BCUT2D eigenvalue weighted by Crippen LogP contribution is 2.30. The first kappa shape index (κ1) is 21.1. The van der Waals surface area contributed by atoms with Crippen molar-refractivity contribution in [2.24, 2.45) is 0 Å². The Labute approximate surface area is 163 Å². The molecule has 0 radical (unpaired) electrons. The van der Waals surface area contributed by atoms with Crippen LogP contribution in [-0.4, -0.2) is 24.8 Å². The molecule has 2 aromatic rings. The quantitative estimate of drug-likeness (QED) is 0.543. The zero-order chi connectivity index (χ0) is 20.0. The van der Waals surface area contributed by atoms with E-state index in [0.29, 0.717) is 40.3 Å². The van der Waals surface area contributed by atoms with E-state index in [9.17, 15) is 9.59 Å². The van der Waals surface area contributed by atoms with Gasteiger partial charge in [-0.1, -0.05) is 24.9 Å². The zero-order valence-corrected chi connectivity index (χ0v) is 16.9. The van der Waals surface area contributed by atoms with Crippen molar-refractivity contribution in [3.63, 3.8) is 0 Å². The van der Waals surface area contributed by atoms with Crippen molar-refractivity contribution in [1.82, 2.24) is 5.32 Å². The fraction of sp³-hybridized carbons (Fsp3) is 0.500. The monoisotopic (exact) mass is 395 g/mol. The molecule has 0 aliphatic rings. The molecule has 0 unspecified atom stereocenters. The fourth-order valence-electron chi connectivity index (χ4n) is 2.39. The molecule has 0 saturated carbocycles. The summed E-state index contributed by atoms with van der Waals surface area (Å²) in [5, 5.41) is 3.79. The SMILES string of the molecule is CCCCOc1cc2oc(=O)c(CCNC(=O)OC(C)(C)C)cc2cc1Cl. The molecule has 2 rings (SSSR count). The number of hydrogen-bond acceptors (Lipinski definition) is 5. The molecule has 1 N–H and O–H groups in total. The second-order valence-electron chi connectivity index (χ2n) is 7.26. The molecule has 1 aromatic carbocycles. The Morgan fingerprint density at radius 1 is 1.26 bits per heavy atom. The van der Waals surface area contributed by atoms with E-state index in [1.54, 1.807) is 39.0 Å². The van der Waals surface area contributed by atoms with Gasteiger partial charge in [-0.15, -0.1) is 0 Å². The van der Waals surface area contributed by atoms with Crippen molar-refractivity contribution in [3.05, 3.63) is 39.2 Å². The standard InChI is InChI=1S/C20H26ClNO5/c1-5-6-9-25-17-12-16-14(11-15(17)21)10-13(18(23)26-16)7-8-22-19(24)27-20(2,3)4/h10-12H,5-9H2,1-4H3,(H,22,24). The summed E-state index contributed by atoms with van der Waals surface area (Å²) in [5.74, 6) is 0.500. The van der Waals surface area contributed by atoms with E-state index in [4.69, 9.17) is 25.5 Å². The molecule has 148 valence electrons. The van der Waals surface area contributed by atoms with Gasteiger partial charge in [-0.2, -0.15) is 0 Å². The number of ether oxygens (including phenoxy) is 2. The predicted molar refractivity (Wildman–Crippen MR) is 106 cm³/mol. The van der Waals surface area contributed by atoms with E-state index < -0.39 is 17.3 Å². The Morgan fingerprint density at radius 2 is 2.00 bits per heavy atom. The van der Waals surface area contributed by atoms with Gasteiger partial charge < -0.3 is 19.2 Å². The van der Waals surface area contributed by atoms with Crippen LogP contribution in [0.25, 0.3) is 11.0 Å². The van der Waals surface area contributed by atoms with E-state index >= 15 is 0 Å². The zero-order valence-electron chi connectivity index (χ0n) is 16.2. The van der Waals surface area contributed by atoms with Crippen LogP contribution in [0.15, 0.2) is 27.4 Å². The Hall–Kier alpha value is -2.21. The first-order chi connectivity index (χ1) is 12.7. The summed E-state index contributed by atoms with van der Waals surface area (Å²) in [4.78, 5) is 23.9. The first-order valence-corrected chi connectivity index (χ1v) is 9.43. The number of hydrogen-bond donors (Lipinski definition) is 1. The molecular weight excluding hydrogens is 370 g/mol. The predicted octanol–water partition coefficient (Wildman–Crippen LogP) is 4.69. The number of fused-ring (bicyclic) bond motifs is 1. The molecular formula is C20H26ClNO5. The van der Waals surface area contributed by atoms with Gasteiger partial charge >= 0.3 is 11.7 Å². The van der Waals surface area contributed by atoms with Crippen LogP contribution in [0.5, 0.6) is 5.75 Å². The molecule has 1 aromatic heterocycles. The van der Waals surface area contributed by atoms with Gasteiger partial charge in [0.2, 0.25) is 0 Å². The highest BCUT2D eigenvalue weighted by atomic mass is 35.5. The fourth-order valence-corrected chi connectivity index (χ4v) is 2.61. The maximum atomic E-state index is 12.2. The summed E-state index contributed by atoms with van der Waals surface area (Å²) in [5.41, 5.74) is -0.149. The summed E-state index contributed by atoms with van der Waals surface area (Å²) in [6.45, 7) is 8.25. The summed E-state index contributed by atoms with van der Waals surface area (Å²) in [7, 11) is 0. The van der Waals surface area contributed by atoms with Crippen LogP contribution in [0, 0.1) is 0 Å². The van der Waals surface area contributed by atoms with Gasteiger partial charge in [0.05, 0.1) is 11.6 Å². The number of halogens is 1. The number of benzene rings is 1. The van der Waals surface area contributed by atoms with E-state index in [-0.39, 0.29) is 6.54 Å². The lowest BCUT2D eigenvalue weighted by molar-refractivity contribution is 0.0528. The maximum absolute atomic E-state index is 12.2. The number of rotatable bonds is 7. The van der Waals surface area contributed by atoms with Crippen molar-refractivity contribution in [2.45, 2.75) is 52.6 Å². The lowest BCUT2D eigenvalue weighted by atomic mass is 10.1. The van der Waals surface area contributed by atoms with Gasteiger partial charge in [-0.3, -0.25) is 0 Å². The first-order valence-electron chi connectivity index (χ1n) is 9.05. The highest BCUT2D eigenvalue weighted by molar-refractivity contribution is 6.32. The second-order valence-corrected chi connectivity index (χ2v) is 7.67. The lowest BCUT2D eigenvalue weighted by Gasteiger charge is -2.19. The minimum absolute atomic E-state index is 0.261. The molecule has 0 spiro atoms. The molecule has 7 heteroatoms. The molecule has 27 heavy (non-hydrogen) atoms. The van der Waals surface area contributed by atoms with Gasteiger partial charge in [0.25, 0.3) is 0 Å². The largest absolute Gasteiger partial charge is 0.492 e. The van der Waals surface area contributed by atoms with E-state index in [1.807, 2.05) is 0 Å². The Balaban J connectivity index is 2.08. The molecule has 0 bridgehead atoms. The van der Waals surface area contributed by atoms with E-state index in [2.05, 4.69) is 12.2 Å². The van der Waals surface area contributed by atoms with Crippen LogP contribution in [0.4, 0.5) is 4.79 Å². The van der Waals surface area contributed by atoms with E-state index in [1.165, 1.54) is 0 Å². The Kier molecular flexibility index (Phi) is 7.13. The van der Waals surface area contributed by atoms with Crippen LogP contribution in [0.2, 0.25) is 5.02 Å². The van der Waals surface area contributed by atoms with Gasteiger partial charge in [-0.05, 0) is 45.7 Å². The minimum Gasteiger partial charge on any atom is -0.492 e. The van der Waals surface area contributed by atoms with Crippen LogP contribution in [0.3, 0.4) is 0 Å². The second kappa shape index (κ2) is 9.13. The number of alkyl carbamates (subject to hydrolysis) is 1. The lowest BCUT2D eigenvalue weighted by Crippen LogP contribution is -2.34. The van der Waals surface area contributed by atoms with Crippen LogP contribution >= 0.6 is 11.6 Å². The topological polar surface area (TPSA) is 77.8 Å². The molecule has 0 aliphatic heterocycles. The van der Waals surface area contributed by atoms with Gasteiger partial charge in [0, 0.05) is 23.6 Å². The summed E-state index contributed by atoms with van der Waals surface area (Å²) in [6.07, 6.45) is 1.73. The van der Waals surface area contributed by atoms with Crippen molar-refractivity contribution in [3.8, 4) is 5.75 Å². The smallest absolute Gasteiger partial charge is 0.407 e. The minimum atomic E-state index is -0.570. The van der Waals surface area contributed by atoms with Crippen molar-refractivity contribution in [2.75, 3.05) is 13.2 Å². The van der Waals surface area contributed by atoms with Gasteiger partial charge in [0.15, 0.2) is 0 Å². The Bertz CT molecular complexity index is 854. The van der Waals surface area contributed by atoms with E-state index in [0.717, 1.165) is 12.8 Å². The summed E-state index contributed by atoms with van der Waals surface area (Å²) >= 11 is 6.26. The third kappa shape index (κ3) is 6.47. The van der Waals surface area contributed by atoms with Crippen LogP contribution < -0.4 is 15.7 Å². The van der Waals surface area contributed by atoms with Crippen molar-refractivity contribution >= 4 is 28.7 Å². The third-order valence-corrected chi connectivity index (χ3v) is 3.97. The van der Waals surface area contributed by atoms with Crippen molar-refractivity contribution < 1.29 is 18.7 Å².